The number of carbonyl (C=O) groups is 1. The van der Waals surface area contributed by atoms with Gasteiger partial charge in [-0.1, -0.05) is 38.0 Å². The van der Waals surface area contributed by atoms with Gasteiger partial charge in [0, 0.05) is 12.0 Å². The summed E-state index contributed by atoms with van der Waals surface area (Å²) in [5.74, 6) is 1.59. The van der Waals surface area contributed by atoms with Crippen molar-refractivity contribution >= 4 is 5.78 Å². The van der Waals surface area contributed by atoms with Gasteiger partial charge in [-0.2, -0.15) is 0 Å². The number of Topliss-reactive ketones (excluding diaryl/α,β-unsaturated/α-hetero) is 1. The highest BCUT2D eigenvalue weighted by Crippen LogP contribution is 2.36. The van der Waals surface area contributed by atoms with Gasteiger partial charge in [-0.05, 0) is 55.7 Å². The van der Waals surface area contributed by atoms with E-state index in [4.69, 9.17) is 5.73 Å². The third-order valence-electron chi connectivity index (χ3n) is 4.72. The zero-order chi connectivity index (χ0) is 14.4. The molecule has 1 unspecified atom stereocenters. The Bertz CT molecular complexity index is 437. The lowest BCUT2D eigenvalue weighted by molar-refractivity contribution is 0.0972. The van der Waals surface area contributed by atoms with Crippen LogP contribution in [0.5, 0.6) is 0 Å². The van der Waals surface area contributed by atoms with Crippen LogP contribution in [-0.2, 0) is 0 Å². The molecule has 0 aromatic heterocycles. The molecule has 0 aliphatic heterocycles. The minimum atomic E-state index is 0.293. The van der Waals surface area contributed by atoms with Crippen LogP contribution in [-0.4, -0.2) is 12.3 Å². The average Bonchev–Trinajstić information content (AvgIpc) is 2.41. The van der Waals surface area contributed by atoms with Gasteiger partial charge in [-0.15, -0.1) is 0 Å². The molecule has 2 rings (SSSR count). The molecule has 1 atom stereocenters. The summed E-state index contributed by atoms with van der Waals surface area (Å²) >= 11 is 0. The maximum absolute atomic E-state index is 12.3. The number of ketones is 1. The predicted molar refractivity (Wildman–Crippen MR) is 84.1 cm³/mol. The monoisotopic (exact) mass is 273 g/mol. The van der Waals surface area contributed by atoms with Crippen molar-refractivity contribution in [2.75, 3.05) is 6.54 Å². The molecule has 1 aliphatic carbocycles. The van der Waals surface area contributed by atoms with Gasteiger partial charge >= 0.3 is 0 Å². The van der Waals surface area contributed by atoms with E-state index in [-0.39, 0.29) is 0 Å². The highest BCUT2D eigenvalue weighted by molar-refractivity contribution is 5.96. The van der Waals surface area contributed by atoms with E-state index in [9.17, 15) is 4.79 Å². The molecule has 20 heavy (non-hydrogen) atoms. The van der Waals surface area contributed by atoms with Crippen molar-refractivity contribution in [1.29, 1.82) is 0 Å². The van der Waals surface area contributed by atoms with E-state index in [0.717, 1.165) is 31.4 Å². The largest absolute Gasteiger partial charge is 0.330 e. The van der Waals surface area contributed by atoms with Crippen LogP contribution in [0.25, 0.3) is 0 Å². The van der Waals surface area contributed by atoms with Crippen LogP contribution < -0.4 is 5.73 Å². The summed E-state index contributed by atoms with van der Waals surface area (Å²) in [6, 6.07) is 8.30. The fourth-order valence-electron chi connectivity index (χ4n) is 2.98. The lowest BCUT2D eigenvalue weighted by Crippen LogP contribution is -2.11. The van der Waals surface area contributed by atoms with Crippen molar-refractivity contribution in [2.45, 2.75) is 57.8 Å². The Hall–Kier alpha value is -1.15. The molecule has 0 amide bonds. The highest BCUT2D eigenvalue weighted by Gasteiger charge is 2.20. The Morgan fingerprint density at radius 2 is 2.15 bits per heavy atom. The highest BCUT2D eigenvalue weighted by atomic mass is 16.1. The van der Waals surface area contributed by atoms with E-state index in [1.54, 1.807) is 0 Å². The van der Waals surface area contributed by atoms with Gasteiger partial charge < -0.3 is 5.73 Å². The summed E-state index contributed by atoms with van der Waals surface area (Å²) < 4.78 is 0. The molecule has 1 fully saturated rings. The maximum Gasteiger partial charge on any atom is 0.162 e. The smallest absolute Gasteiger partial charge is 0.162 e. The second-order valence-electron chi connectivity index (χ2n) is 6.07. The van der Waals surface area contributed by atoms with Gasteiger partial charge in [-0.25, -0.2) is 0 Å². The fraction of sp³-hybridized carbons (Fsp3) is 0.611. The molecule has 0 radical (unpaired) electrons. The molecule has 0 bridgehead atoms. The van der Waals surface area contributed by atoms with Crippen LogP contribution in [0.3, 0.4) is 0 Å². The molecular formula is C18H27NO. The molecule has 2 heteroatoms. The lowest BCUT2D eigenvalue weighted by Gasteiger charge is -2.26. The minimum absolute atomic E-state index is 0.293. The molecule has 1 saturated carbocycles. The number of nitrogens with two attached hydrogens (primary N) is 1. The predicted octanol–water partition coefficient (Wildman–Crippen LogP) is 4.29. The zero-order valence-corrected chi connectivity index (χ0v) is 12.6. The van der Waals surface area contributed by atoms with Crippen LogP contribution in [0, 0.1) is 5.92 Å². The van der Waals surface area contributed by atoms with Gasteiger partial charge in [0.1, 0.15) is 0 Å². The first-order valence-electron chi connectivity index (χ1n) is 8.07. The van der Waals surface area contributed by atoms with Crippen molar-refractivity contribution in [3.05, 3.63) is 35.4 Å². The number of hydrogen-bond donors (Lipinski definition) is 1. The fourth-order valence-corrected chi connectivity index (χ4v) is 2.98. The summed E-state index contributed by atoms with van der Waals surface area (Å²) in [5, 5.41) is 0. The maximum atomic E-state index is 12.3. The zero-order valence-electron chi connectivity index (χ0n) is 12.6. The van der Waals surface area contributed by atoms with Crippen LogP contribution in [0.1, 0.15) is 73.7 Å². The standard InChI is InChI=1S/C18H27NO/c1-2-14(11-12-19)9-10-18(20)17-8-4-7-16(13-17)15-5-3-6-15/h4,7-8,13-15H,2-3,5-6,9-12,19H2,1H3. The van der Waals surface area contributed by atoms with Crippen molar-refractivity contribution in [1.82, 2.24) is 0 Å². The van der Waals surface area contributed by atoms with Crippen LogP contribution in [0.15, 0.2) is 24.3 Å². The normalized spacial score (nSPS) is 16.7. The van der Waals surface area contributed by atoms with Crippen molar-refractivity contribution in [3.8, 4) is 0 Å². The molecular weight excluding hydrogens is 246 g/mol. The summed E-state index contributed by atoms with van der Waals surface area (Å²) in [6.45, 7) is 2.91. The SMILES string of the molecule is CCC(CCN)CCC(=O)c1cccc(C2CCC2)c1. The first kappa shape index (κ1) is 15.2. The molecule has 1 aromatic carbocycles. The summed E-state index contributed by atoms with van der Waals surface area (Å²) in [4.78, 5) is 12.3. The van der Waals surface area contributed by atoms with Crippen molar-refractivity contribution < 1.29 is 4.79 Å². The summed E-state index contributed by atoms with van der Waals surface area (Å²) in [6.07, 6.45) is 7.68. The second kappa shape index (κ2) is 7.58. The van der Waals surface area contributed by atoms with Gasteiger partial charge in [-0.3, -0.25) is 4.79 Å². The Morgan fingerprint density at radius 3 is 2.75 bits per heavy atom. The average molecular weight is 273 g/mol. The molecule has 110 valence electrons. The molecule has 2 nitrogen and oxygen atoms in total. The van der Waals surface area contributed by atoms with Crippen LogP contribution >= 0.6 is 0 Å². The summed E-state index contributed by atoms with van der Waals surface area (Å²) in [7, 11) is 0. The van der Waals surface area contributed by atoms with Crippen molar-refractivity contribution in [2.24, 2.45) is 11.7 Å². The summed E-state index contributed by atoms with van der Waals surface area (Å²) in [5.41, 5.74) is 7.87. The molecule has 0 saturated heterocycles. The Kier molecular flexibility index (Phi) is 5.78. The van der Waals surface area contributed by atoms with E-state index in [2.05, 4.69) is 19.1 Å². The quantitative estimate of drug-likeness (QED) is 0.718. The van der Waals surface area contributed by atoms with E-state index >= 15 is 0 Å². The first-order valence-corrected chi connectivity index (χ1v) is 8.07. The minimum Gasteiger partial charge on any atom is -0.330 e. The Morgan fingerprint density at radius 1 is 1.35 bits per heavy atom. The van der Waals surface area contributed by atoms with E-state index < -0.39 is 0 Å². The molecule has 0 spiro atoms. The molecule has 0 heterocycles. The van der Waals surface area contributed by atoms with E-state index in [1.807, 2.05) is 12.1 Å². The topological polar surface area (TPSA) is 43.1 Å². The Labute approximate surface area is 122 Å². The van der Waals surface area contributed by atoms with E-state index in [0.29, 0.717) is 24.0 Å². The third-order valence-corrected chi connectivity index (χ3v) is 4.72. The van der Waals surface area contributed by atoms with Crippen molar-refractivity contribution in [3.63, 3.8) is 0 Å². The molecule has 2 N–H and O–H groups in total. The van der Waals surface area contributed by atoms with Gasteiger partial charge in [0.2, 0.25) is 0 Å². The van der Waals surface area contributed by atoms with Crippen LogP contribution in [0.2, 0.25) is 0 Å². The second-order valence-corrected chi connectivity index (χ2v) is 6.07. The van der Waals surface area contributed by atoms with Crippen LogP contribution in [0.4, 0.5) is 0 Å². The van der Waals surface area contributed by atoms with Gasteiger partial charge in [0.25, 0.3) is 0 Å². The molecule has 1 aliphatic rings. The lowest BCUT2D eigenvalue weighted by atomic mass is 9.79. The third kappa shape index (κ3) is 3.92. The van der Waals surface area contributed by atoms with Gasteiger partial charge in [0.15, 0.2) is 5.78 Å². The number of hydrogen-bond acceptors (Lipinski definition) is 2. The number of rotatable bonds is 8. The number of carbonyl (C=O) groups excluding carboxylic acids is 1. The first-order chi connectivity index (χ1) is 9.74. The molecule has 1 aromatic rings. The number of benzene rings is 1. The Balaban J connectivity index is 1.91. The van der Waals surface area contributed by atoms with E-state index in [1.165, 1.54) is 24.8 Å². The van der Waals surface area contributed by atoms with Gasteiger partial charge in [0.05, 0.1) is 0 Å².